The first kappa shape index (κ1) is 11.3. The van der Waals surface area contributed by atoms with Crippen LogP contribution in [0.15, 0.2) is 65.1 Å². The van der Waals surface area contributed by atoms with Gasteiger partial charge in [-0.05, 0) is 40.8 Å². The Labute approximate surface area is 114 Å². The molecule has 0 saturated carbocycles. The average Bonchev–Trinajstić information content (AvgIpc) is 2.39. The Morgan fingerprint density at radius 2 is 1.50 bits per heavy atom. The molecule has 0 bridgehead atoms. The second kappa shape index (κ2) is 4.46. The van der Waals surface area contributed by atoms with Crippen LogP contribution in [0.3, 0.4) is 0 Å². The van der Waals surface area contributed by atoms with Gasteiger partial charge in [0.2, 0.25) is 0 Å². The van der Waals surface area contributed by atoms with Crippen LogP contribution in [0.1, 0.15) is 0 Å². The van der Waals surface area contributed by atoms with E-state index < -0.39 is 0 Å². The number of halogens is 1. The maximum absolute atomic E-state index is 10.1. The van der Waals surface area contributed by atoms with Crippen LogP contribution in [-0.2, 0) is 0 Å². The minimum absolute atomic E-state index is 0.325. The van der Waals surface area contributed by atoms with Gasteiger partial charge in [0.25, 0.3) is 0 Å². The second-order valence-corrected chi connectivity index (χ2v) is 5.14. The van der Waals surface area contributed by atoms with Crippen molar-refractivity contribution in [3.05, 3.63) is 65.1 Å². The van der Waals surface area contributed by atoms with Gasteiger partial charge in [0.1, 0.15) is 5.75 Å². The van der Waals surface area contributed by atoms with Crippen molar-refractivity contribution in [2.24, 2.45) is 0 Å². The molecule has 0 aromatic heterocycles. The molecule has 0 spiro atoms. The average molecular weight is 299 g/mol. The third-order valence-corrected chi connectivity index (χ3v) is 3.55. The summed E-state index contributed by atoms with van der Waals surface area (Å²) in [6.07, 6.45) is 0. The quantitative estimate of drug-likeness (QED) is 0.672. The van der Waals surface area contributed by atoms with Gasteiger partial charge in [-0.15, -0.1) is 0 Å². The Morgan fingerprint density at radius 3 is 2.28 bits per heavy atom. The second-order valence-electron chi connectivity index (χ2n) is 4.22. The highest BCUT2D eigenvalue weighted by molar-refractivity contribution is 9.10. The molecule has 88 valence electrons. The molecule has 0 heterocycles. The van der Waals surface area contributed by atoms with E-state index >= 15 is 0 Å². The van der Waals surface area contributed by atoms with Crippen molar-refractivity contribution in [2.45, 2.75) is 0 Å². The van der Waals surface area contributed by atoms with E-state index in [2.05, 4.69) is 22.0 Å². The molecular weight excluding hydrogens is 288 g/mol. The van der Waals surface area contributed by atoms with E-state index in [0.29, 0.717) is 5.75 Å². The minimum Gasteiger partial charge on any atom is -0.507 e. The molecule has 0 unspecified atom stereocenters. The molecule has 0 radical (unpaired) electrons. The Bertz CT molecular complexity index is 702. The first-order chi connectivity index (χ1) is 8.74. The lowest BCUT2D eigenvalue weighted by molar-refractivity contribution is 0.482. The standard InChI is InChI=1S/C16H11BrO/c17-14-7-5-11(6-8-14)13-9-12-3-1-2-4-15(12)16(18)10-13/h1-10,18H. The summed E-state index contributed by atoms with van der Waals surface area (Å²) in [4.78, 5) is 0. The van der Waals surface area contributed by atoms with E-state index in [4.69, 9.17) is 0 Å². The summed E-state index contributed by atoms with van der Waals surface area (Å²) in [5.41, 5.74) is 2.12. The van der Waals surface area contributed by atoms with Crippen LogP contribution in [0.25, 0.3) is 21.9 Å². The predicted octanol–water partition coefficient (Wildman–Crippen LogP) is 4.97. The number of phenols is 1. The van der Waals surface area contributed by atoms with Crippen molar-refractivity contribution in [2.75, 3.05) is 0 Å². The van der Waals surface area contributed by atoms with Crippen LogP contribution >= 0.6 is 15.9 Å². The number of hydrogen-bond acceptors (Lipinski definition) is 1. The smallest absolute Gasteiger partial charge is 0.124 e. The summed E-state index contributed by atoms with van der Waals surface area (Å²) < 4.78 is 1.05. The van der Waals surface area contributed by atoms with Gasteiger partial charge in [0.15, 0.2) is 0 Å². The van der Waals surface area contributed by atoms with Crippen molar-refractivity contribution in [1.82, 2.24) is 0 Å². The van der Waals surface area contributed by atoms with Gasteiger partial charge in [0, 0.05) is 9.86 Å². The molecule has 2 heteroatoms. The Kier molecular flexibility index (Phi) is 2.80. The lowest BCUT2D eigenvalue weighted by Crippen LogP contribution is -1.80. The van der Waals surface area contributed by atoms with E-state index in [1.54, 1.807) is 0 Å². The van der Waals surface area contributed by atoms with Gasteiger partial charge in [-0.1, -0.05) is 52.3 Å². The zero-order chi connectivity index (χ0) is 12.5. The zero-order valence-electron chi connectivity index (χ0n) is 9.60. The van der Waals surface area contributed by atoms with Crippen LogP contribution in [0.4, 0.5) is 0 Å². The van der Waals surface area contributed by atoms with Gasteiger partial charge in [-0.2, -0.15) is 0 Å². The SMILES string of the molecule is Oc1cc(-c2ccc(Br)cc2)cc2ccccc12. The van der Waals surface area contributed by atoms with E-state index in [0.717, 1.165) is 26.4 Å². The van der Waals surface area contributed by atoms with E-state index in [1.807, 2.05) is 54.6 Å². The molecule has 1 N–H and O–H groups in total. The summed E-state index contributed by atoms with van der Waals surface area (Å²) >= 11 is 3.42. The molecule has 18 heavy (non-hydrogen) atoms. The number of fused-ring (bicyclic) bond motifs is 1. The van der Waals surface area contributed by atoms with Crippen molar-refractivity contribution in [3.63, 3.8) is 0 Å². The van der Waals surface area contributed by atoms with Crippen molar-refractivity contribution in [1.29, 1.82) is 0 Å². The van der Waals surface area contributed by atoms with Crippen LogP contribution < -0.4 is 0 Å². The van der Waals surface area contributed by atoms with Crippen molar-refractivity contribution < 1.29 is 5.11 Å². The van der Waals surface area contributed by atoms with Crippen LogP contribution in [0, 0.1) is 0 Å². The van der Waals surface area contributed by atoms with Gasteiger partial charge in [-0.3, -0.25) is 0 Å². The molecule has 0 amide bonds. The van der Waals surface area contributed by atoms with E-state index in [-0.39, 0.29) is 0 Å². The predicted molar refractivity (Wildman–Crippen MR) is 78.7 cm³/mol. The summed E-state index contributed by atoms with van der Waals surface area (Å²) in [7, 11) is 0. The fraction of sp³-hybridized carbons (Fsp3) is 0. The summed E-state index contributed by atoms with van der Waals surface area (Å²) in [6, 6.07) is 19.8. The Hall–Kier alpha value is -1.80. The third-order valence-electron chi connectivity index (χ3n) is 3.02. The molecule has 3 aromatic rings. The molecule has 1 nitrogen and oxygen atoms in total. The topological polar surface area (TPSA) is 20.2 Å². The number of hydrogen-bond donors (Lipinski definition) is 1. The number of rotatable bonds is 1. The maximum atomic E-state index is 10.1. The fourth-order valence-electron chi connectivity index (χ4n) is 2.10. The molecule has 0 aliphatic heterocycles. The monoisotopic (exact) mass is 298 g/mol. The highest BCUT2D eigenvalue weighted by atomic mass is 79.9. The first-order valence-corrected chi connectivity index (χ1v) is 6.51. The highest BCUT2D eigenvalue weighted by Crippen LogP contribution is 2.32. The Morgan fingerprint density at radius 1 is 0.778 bits per heavy atom. The summed E-state index contributed by atoms with van der Waals surface area (Å²) in [6.45, 7) is 0. The molecule has 0 fully saturated rings. The molecule has 3 rings (SSSR count). The fourth-order valence-corrected chi connectivity index (χ4v) is 2.36. The summed E-state index contributed by atoms with van der Waals surface area (Å²) in [5, 5.41) is 12.0. The lowest BCUT2D eigenvalue weighted by atomic mass is 10.0. The summed E-state index contributed by atoms with van der Waals surface area (Å²) in [5.74, 6) is 0.325. The molecule has 0 aliphatic carbocycles. The van der Waals surface area contributed by atoms with Crippen LogP contribution in [-0.4, -0.2) is 5.11 Å². The zero-order valence-corrected chi connectivity index (χ0v) is 11.2. The lowest BCUT2D eigenvalue weighted by Gasteiger charge is -2.06. The molecular formula is C16H11BrO. The van der Waals surface area contributed by atoms with Gasteiger partial charge >= 0.3 is 0 Å². The molecule has 3 aromatic carbocycles. The first-order valence-electron chi connectivity index (χ1n) is 5.72. The van der Waals surface area contributed by atoms with Crippen molar-refractivity contribution in [3.8, 4) is 16.9 Å². The van der Waals surface area contributed by atoms with E-state index in [9.17, 15) is 5.11 Å². The van der Waals surface area contributed by atoms with E-state index in [1.165, 1.54) is 0 Å². The third kappa shape index (κ3) is 2.00. The van der Waals surface area contributed by atoms with Gasteiger partial charge in [-0.25, -0.2) is 0 Å². The number of phenolic OH excluding ortho intramolecular Hbond substituents is 1. The number of aromatic hydroxyl groups is 1. The Balaban J connectivity index is 2.21. The number of benzene rings is 3. The normalized spacial score (nSPS) is 10.7. The maximum Gasteiger partial charge on any atom is 0.124 e. The van der Waals surface area contributed by atoms with Crippen LogP contribution in [0.2, 0.25) is 0 Å². The molecule has 0 saturated heterocycles. The molecule has 0 atom stereocenters. The van der Waals surface area contributed by atoms with Crippen LogP contribution in [0.5, 0.6) is 5.75 Å². The van der Waals surface area contributed by atoms with Gasteiger partial charge in [0.05, 0.1) is 0 Å². The highest BCUT2D eigenvalue weighted by Gasteiger charge is 2.04. The molecule has 0 aliphatic rings. The van der Waals surface area contributed by atoms with Crippen molar-refractivity contribution >= 4 is 26.7 Å². The van der Waals surface area contributed by atoms with Gasteiger partial charge < -0.3 is 5.11 Å². The minimum atomic E-state index is 0.325. The largest absolute Gasteiger partial charge is 0.507 e.